The number of unbranched alkanes of at least 4 members (excludes halogenated alkanes) is 13. The van der Waals surface area contributed by atoms with Crippen LogP contribution in [0.15, 0.2) is 0 Å². The topological polar surface area (TPSA) is 76.0 Å². The van der Waals surface area contributed by atoms with Crippen LogP contribution in [0.3, 0.4) is 0 Å². The van der Waals surface area contributed by atoms with E-state index in [0.29, 0.717) is 13.1 Å². The Kier molecular flexibility index (Phi) is 21.4. The third-order valence-electron chi connectivity index (χ3n) is 5.55. The van der Waals surface area contributed by atoms with E-state index in [0.717, 1.165) is 13.0 Å². The van der Waals surface area contributed by atoms with Gasteiger partial charge in [0.15, 0.2) is 0 Å². The van der Waals surface area contributed by atoms with E-state index in [1.54, 1.807) is 0 Å². The number of nitrogens with one attached hydrogen (secondary N) is 1. The molecule has 0 heterocycles. The molecule has 0 saturated carbocycles. The molecular weight excluding hydrogens is 352 g/mol. The molecule has 0 aliphatic rings. The number of hydrogen-bond acceptors (Lipinski definition) is 5. The lowest BCUT2D eigenvalue weighted by Gasteiger charge is -2.31. The number of hydrogen-bond donors (Lipinski definition) is 4. The lowest BCUT2D eigenvalue weighted by atomic mass is 10.0. The summed E-state index contributed by atoms with van der Waals surface area (Å²) in [6.45, 7) is 6.15. The standard InChI is InChI=1S/C23H50N2O3/c1-3-4-5-6-7-8-9-10-11-12-13-14-15-16-18-25(20-23(28)21-27)22(2)24-17-19-26/h22-24,26-28H,3-21H2,1-2H3. The summed E-state index contributed by atoms with van der Waals surface area (Å²) in [5.74, 6) is 0. The highest BCUT2D eigenvalue weighted by Gasteiger charge is 2.16. The van der Waals surface area contributed by atoms with Crippen LogP contribution in [0.1, 0.15) is 104 Å². The first-order valence-electron chi connectivity index (χ1n) is 12.0. The van der Waals surface area contributed by atoms with E-state index >= 15 is 0 Å². The van der Waals surface area contributed by atoms with Crippen molar-refractivity contribution in [2.45, 2.75) is 116 Å². The Labute approximate surface area is 174 Å². The van der Waals surface area contributed by atoms with Gasteiger partial charge in [-0.3, -0.25) is 10.2 Å². The second kappa shape index (κ2) is 21.5. The molecule has 0 amide bonds. The van der Waals surface area contributed by atoms with Crippen LogP contribution in [0.5, 0.6) is 0 Å². The Bertz CT molecular complexity index is 306. The highest BCUT2D eigenvalue weighted by atomic mass is 16.3. The van der Waals surface area contributed by atoms with Crippen molar-refractivity contribution in [2.75, 3.05) is 32.8 Å². The summed E-state index contributed by atoms with van der Waals surface area (Å²) in [7, 11) is 0. The van der Waals surface area contributed by atoms with Crippen molar-refractivity contribution in [1.29, 1.82) is 0 Å². The van der Waals surface area contributed by atoms with Crippen molar-refractivity contribution < 1.29 is 15.3 Å². The molecule has 0 aliphatic carbocycles. The van der Waals surface area contributed by atoms with Crippen molar-refractivity contribution in [3.8, 4) is 0 Å². The SMILES string of the molecule is CCCCCCCCCCCCCCCCN(CC(O)CO)C(C)NCCO. The van der Waals surface area contributed by atoms with Gasteiger partial charge in [-0.05, 0) is 19.9 Å². The van der Waals surface area contributed by atoms with Gasteiger partial charge >= 0.3 is 0 Å². The summed E-state index contributed by atoms with van der Waals surface area (Å²) in [4.78, 5) is 2.16. The van der Waals surface area contributed by atoms with Gasteiger partial charge in [0.05, 0.1) is 25.5 Å². The minimum absolute atomic E-state index is 0.0929. The summed E-state index contributed by atoms with van der Waals surface area (Å²) in [5.41, 5.74) is 0. The van der Waals surface area contributed by atoms with Gasteiger partial charge in [-0.25, -0.2) is 0 Å². The summed E-state index contributed by atoms with van der Waals surface area (Å²) in [6.07, 6.45) is 18.3. The number of rotatable bonds is 22. The minimum atomic E-state index is -0.704. The van der Waals surface area contributed by atoms with Gasteiger partial charge in [0, 0.05) is 13.1 Å². The highest BCUT2D eigenvalue weighted by Crippen LogP contribution is 2.13. The van der Waals surface area contributed by atoms with Gasteiger partial charge in [-0.15, -0.1) is 0 Å². The average molecular weight is 403 g/mol. The molecule has 0 saturated heterocycles. The highest BCUT2D eigenvalue weighted by molar-refractivity contribution is 4.69. The summed E-state index contributed by atoms with van der Waals surface area (Å²) in [5, 5.41) is 31.1. The van der Waals surface area contributed by atoms with Gasteiger partial charge in [0.2, 0.25) is 0 Å². The Morgan fingerprint density at radius 1 is 0.750 bits per heavy atom. The second-order valence-corrected chi connectivity index (χ2v) is 8.28. The molecule has 4 N–H and O–H groups in total. The summed E-state index contributed by atoms with van der Waals surface area (Å²) < 4.78 is 0. The Balaban J connectivity index is 3.60. The van der Waals surface area contributed by atoms with Crippen LogP contribution in [0, 0.1) is 0 Å². The molecule has 0 radical (unpaired) electrons. The van der Waals surface area contributed by atoms with E-state index in [9.17, 15) is 5.11 Å². The fourth-order valence-electron chi connectivity index (χ4n) is 3.68. The van der Waals surface area contributed by atoms with Crippen LogP contribution in [0.4, 0.5) is 0 Å². The van der Waals surface area contributed by atoms with Gasteiger partial charge in [0.25, 0.3) is 0 Å². The summed E-state index contributed by atoms with van der Waals surface area (Å²) >= 11 is 0. The molecule has 5 nitrogen and oxygen atoms in total. The average Bonchev–Trinajstić information content (AvgIpc) is 2.71. The number of nitrogens with zero attached hydrogens (tertiary/aromatic N) is 1. The molecule has 0 spiro atoms. The maximum Gasteiger partial charge on any atom is 0.0898 e. The first-order chi connectivity index (χ1) is 13.7. The van der Waals surface area contributed by atoms with Gasteiger partial charge in [-0.2, -0.15) is 0 Å². The van der Waals surface area contributed by atoms with Crippen LogP contribution in [-0.4, -0.2) is 65.3 Å². The van der Waals surface area contributed by atoms with Gasteiger partial charge in [0.1, 0.15) is 0 Å². The smallest absolute Gasteiger partial charge is 0.0898 e. The van der Waals surface area contributed by atoms with Crippen molar-refractivity contribution in [3.05, 3.63) is 0 Å². The van der Waals surface area contributed by atoms with E-state index in [1.807, 2.05) is 6.92 Å². The van der Waals surface area contributed by atoms with Gasteiger partial charge < -0.3 is 15.3 Å². The molecular formula is C23H50N2O3. The van der Waals surface area contributed by atoms with Crippen LogP contribution < -0.4 is 5.32 Å². The molecule has 0 fully saturated rings. The van der Waals surface area contributed by atoms with E-state index in [4.69, 9.17) is 10.2 Å². The maximum absolute atomic E-state index is 9.75. The molecule has 0 bridgehead atoms. The molecule has 28 heavy (non-hydrogen) atoms. The number of aliphatic hydroxyl groups excluding tert-OH is 3. The minimum Gasteiger partial charge on any atom is -0.395 e. The molecule has 0 aromatic heterocycles. The zero-order valence-electron chi connectivity index (χ0n) is 18.9. The molecule has 0 rings (SSSR count). The van der Waals surface area contributed by atoms with Crippen molar-refractivity contribution in [1.82, 2.24) is 10.2 Å². The van der Waals surface area contributed by atoms with Crippen molar-refractivity contribution in [2.24, 2.45) is 0 Å². The zero-order chi connectivity index (χ0) is 20.9. The van der Waals surface area contributed by atoms with Crippen LogP contribution in [0.25, 0.3) is 0 Å². The van der Waals surface area contributed by atoms with Crippen LogP contribution in [0.2, 0.25) is 0 Å². The van der Waals surface area contributed by atoms with E-state index in [-0.39, 0.29) is 19.4 Å². The summed E-state index contributed by atoms with van der Waals surface area (Å²) in [6, 6.07) is 0. The monoisotopic (exact) mass is 402 g/mol. The Morgan fingerprint density at radius 2 is 1.21 bits per heavy atom. The molecule has 0 aliphatic heterocycles. The Hall–Kier alpha value is -0.200. The normalized spacial score (nSPS) is 13.9. The first kappa shape index (κ1) is 27.8. The lowest BCUT2D eigenvalue weighted by molar-refractivity contribution is 0.0395. The van der Waals surface area contributed by atoms with Crippen LogP contribution in [-0.2, 0) is 0 Å². The second-order valence-electron chi connectivity index (χ2n) is 8.28. The maximum atomic E-state index is 9.75. The third kappa shape index (κ3) is 17.9. The predicted octanol–water partition coefficient (Wildman–Crippen LogP) is 4.05. The quantitative estimate of drug-likeness (QED) is 0.162. The van der Waals surface area contributed by atoms with E-state index < -0.39 is 6.10 Å². The molecule has 0 aromatic rings. The largest absolute Gasteiger partial charge is 0.395 e. The molecule has 2 atom stereocenters. The van der Waals surface area contributed by atoms with Crippen molar-refractivity contribution >= 4 is 0 Å². The van der Waals surface area contributed by atoms with E-state index in [1.165, 1.54) is 83.5 Å². The lowest BCUT2D eigenvalue weighted by Crippen LogP contribution is -2.48. The van der Waals surface area contributed by atoms with Crippen LogP contribution >= 0.6 is 0 Å². The number of aliphatic hydroxyl groups is 3. The van der Waals surface area contributed by atoms with Gasteiger partial charge in [-0.1, -0.05) is 90.4 Å². The molecule has 5 heteroatoms. The zero-order valence-corrected chi connectivity index (χ0v) is 18.9. The fourth-order valence-corrected chi connectivity index (χ4v) is 3.68. The third-order valence-corrected chi connectivity index (χ3v) is 5.55. The first-order valence-corrected chi connectivity index (χ1v) is 12.0. The molecule has 170 valence electrons. The molecule has 2 unspecified atom stereocenters. The predicted molar refractivity (Wildman–Crippen MR) is 120 cm³/mol. The Morgan fingerprint density at radius 3 is 1.64 bits per heavy atom. The van der Waals surface area contributed by atoms with Crippen molar-refractivity contribution in [3.63, 3.8) is 0 Å². The van der Waals surface area contributed by atoms with E-state index in [2.05, 4.69) is 17.1 Å². The fraction of sp³-hybridized carbons (Fsp3) is 1.00. The molecule has 0 aromatic carbocycles.